The second kappa shape index (κ2) is 9.54. The van der Waals surface area contributed by atoms with Gasteiger partial charge in [0.2, 0.25) is 15.9 Å². The zero-order chi connectivity index (χ0) is 23.6. The lowest BCUT2D eigenvalue weighted by Gasteiger charge is -2.30. The van der Waals surface area contributed by atoms with Gasteiger partial charge in [0, 0.05) is 26.3 Å². The molecule has 1 amide bonds. The second-order valence-corrected chi connectivity index (χ2v) is 11.0. The van der Waals surface area contributed by atoms with Crippen molar-refractivity contribution in [3.63, 3.8) is 0 Å². The van der Waals surface area contributed by atoms with E-state index in [0.717, 1.165) is 23.2 Å². The van der Waals surface area contributed by atoms with Crippen LogP contribution in [0.2, 0.25) is 0 Å². The summed E-state index contributed by atoms with van der Waals surface area (Å²) in [6.07, 6.45) is 1.45. The lowest BCUT2D eigenvalue weighted by atomic mass is 10.0. The standard InChI is InChI=1S/C22H25N5O4S2/c1-25(2)33(30,31)18-10-11-19-17(13-18)9-6-12-26(19)20(28)15-32-22-24-23-21(29)27(22)14-16-7-4-3-5-8-16/h3-5,7-8,10-11,13H,6,9,12,14-15H2,1-2H3,(H,23,29). The fraction of sp³-hybridized carbons (Fsp3) is 0.318. The number of amides is 1. The first-order valence-electron chi connectivity index (χ1n) is 10.4. The van der Waals surface area contributed by atoms with E-state index in [0.29, 0.717) is 24.7 Å². The van der Waals surface area contributed by atoms with E-state index in [1.807, 2.05) is 30.3 Å². The first kappa shape index (κ1) is 23.3. The molecule has 1 aromatic heterocycles. The molecule has 33 heavy (non-hydrogen) atoms. The van der Waals surface area contributed by atoms with Gasteiger partial charge in [-0.2, -0.15) is 0 Å². The van der Waals surface area contributed by atoms with E-state index in [1.165, 1.54) is 40.8 Å². The largest absolute Gasteiger partial charge is 0.344 e. The zero-order valence-electron chi connectivity index (χ0n) is 18.4. The molecule has 0 saturated heterocycles. The number of benzene rings is 2. The van der Waals surface area contributed by atoms with Crippen LogP contribution in [0.15, 0.2) is 63.4 Å². The maximum absolute atomic E-state index is 13.1. The molecule has 0 atom stereocenters. The van der Waals surface area contributed by atoms with Crippen molar-refractivity contribution < 1.29 is 13.2 Å². The van der Waals surface area contributed by atoms with Crippen molar-refractivity contribution in [1.29, 1.82) is 0 Å². The summed E-state index contributed by atoms with van der Waals surface area (Å²) in [5.74, 6) is -0.0121. The first-order valence-corrected chi connectivity index (χ1v) is 12.9. The smallest absolute Gasteiger partial charge is 0.311 e. The number of fused-ring (bicyclic) bond motifs is 1. The number of carbonyl (C=O) groups is 1. The van der Waals surface area contributed by atoms with E-state index in [4.69, 9.17) is 0 Å². The number of thioether (sulfide) groups is 1. The summed E-state index contributed by atoms with van der Waals surface area (Å²) in [5.41, 5.74) is 2.20. The van der Waals surface area contributed by atoms with Crippen LogP contribution in [0.25, 0.3) is 0 Å². The summed E-state index contributed by atoms with van der Waals surface area (Å²) in [6, 6.07) is 14.5. The lowest BCUT2D eigenvalue weighted by molar-refractivity contribution is -0.116. The van der Waals surface area contributed by atoms with E-state index in [9.17, 15) is 18.0 Å². The molecule has 2 heterocycles. The van der Waals surface area contributed by atoms with Crippen LogP contribution in [0.1, 0.15) is 17.5 Å². The van der Waals surface area contributed by atoms with Gasteiger partial charge in [-0.25, -0.2) is 22.6 Å². The minimum absolute atomic E-state index is 0.107. The molecule has 0 radical (unpaired) electrons. The molecule has 1 aliphatic heterocycles. The first-order chi connectivity index (χ1) is 15.8. The fourth-order valence-electron chi connectivity index (χ4n) is 3.73. The number of rotatable bonds is 7. The van der Waals surface area contributed by atoms with Gasteiger partial charge in [-0.1, -0.05) is 42.1 Å². The molecule has 0 spiro atoms. The van der Waals surface area contributed by atoms with Crippen LogP contribution in [0, 0.1) is 0 Å². The number of hydrogen-bond donors (Lipinski definition) is 1. The molecule has 2 aromatic carbocycles. The minimum Gasteiger partial charge on any atom is -0.311 e. The highest BCUT2D eigenvalue weighted by atomic mass is 32.2. The van der Waals surface area contributed by atoms with Gasteiger partial charge >= 0.3 is 5.69 Å². The number of sulfonamides is 1. The number of nitrogens with zero attached hydrogens (tertiary/aromatic N) is 4. The SMILES string of the molecule is CN(C)S(=O)(=O)c1ccc2c(c1)CCCN2C(=O)CSc1n[nH]c(=O)n1Cc1ccccc1. The maximum atomic E-state index is 13.1. The molecule has 0 saturated carbocycles. The summed E-state index contributed by atoms with van der Waals surface area (Å²) >= 11 is 1.20. The van der Waals surface area contributed by atoms with Gasteiger partial charge in [-0.3, -0.25) is 9.36 Å². The number of nitrogens with one attached hydrogen (secondary N) is 1. The normalized spacial score (nSPS) is 13.8. The van der Waals surface area contributed by atoms with Gasteiger partial charge in [-0.05, 0) is 42.2 Å². The van der Waals surface area contributed by atoms with Gasteiger partial charge in [0.1, 0.15) is 0 Å². The van der Waals surface area contributed by atoms with Crippen molar-refractivity contribution in [2.75, 3.05) is 31.3 Å². The van der Waals surface area contributed by atoms with E-state index in [2.05, 4.69) is 10.2 Å². The topological polar surface area (TPSA) is 108 Å². The van der Waals surface area contributed by atoms with Crippen molar-refractivity contribution in [1.82, 2.24) is 19.1 Å². The number of H-pyrrole nitrogens is 1. The highest BCUT2D eigenvalue weighted by molar-refractivity contribution is 7.99. The fourth-order valence-corrected chi connectivity index (χ4v) is 5.50. The van der Waals surface area contributed by atoms with Crippen LogP contribution in [-0.4, -0.2) is 59.8 Å². The van der Waals surface area contributed by atoms with E-state index < -0.39 is 10.0 Å². The van der Waals surface area contributed by atoms with Gasteiger partial charge in [0.25, 0.3) is 0 Å². The number of aromatic amines is 1. The number of hydrogen-bond acceptors (Lipinski definition) is 6. The number of aromatic nitrogens is 3. The van der Waals surface area contributed by atoms with E-state index in [1.54, 1.807) is 17.0 Å². The average Bonchev–Trinajstić information content (AvgIpc) is 3.16. The van der Waals surface area contributed by atoms with Gasteiger partial charge in [-0.15, -0.1) is 5.10 Å². The maximum Gasteiger partial charge on any atom is 0.344 e. The van der Waals surface area contributed by atoms with Crippen LogP contribution in [0.3, 0.4) is 0 Å². The molecule has 0 unspecified atom stereocenters. The Morgan fingerprint density at radius 1 is 1.18 bits per heavy atom. The summed E-state index contributed by atoms with van der Waals surface area (Å²) in [7, 11) is -0.552. The summed E-state index contributed by atoms with van der Waals surface area (Å²) in [4.78, 5) is 27.2. The van der Waals surface area contributed by atoms with Crippen molar-refractivity contribution >= 4 is 33.4 Å². The van der Waals surface area contributed by atoms with Crippen molar-refractivity contribution in [2.45, 2.75) is 29.4 Å². The van der Waals surface area contributed by atoms with Crippen LogP contribution >= 0.6 is 11.8 Å². The molecule has 1 N–H and O–H groups in total. The summed E-state index contributed by atoms with van der Waals surface area (Å²) < 4.78 is 27.6. The summed E-state index contributed by atoms with van der Waals surface area (Å²) in [6.45, 7) is 0.923. The number of aryl methyl sites for hydroxylation is 1. The average molecular weight is 488 g/mol. The Bertz CT molecular complexity index is 1320. The van der Waals surface area contributed by atoms with E-state index in [-0.39, 0.29) is 22.2 Å². The van der Waals surface area contributed by atoms with Crippen molar-refractivity contribution in [3.05, 3.63) is 70.1 Å². The van der Waals surface area contributed by atoms with Crippen LogP contribution < -0.4 is 10.6 Å². The molecule has 1 aliphatic rings. The Morgan fingerprint density at radius 3 is 2.67 bits per heavy atom. The van der Waals surface area contributed by atoms with E-state index >= 15 is 0 Å². The molecule has 4 rings (SSSR count). The third-order valence-electron chi connectivity index (χ3n) is 5.48. The molecule has 0 fully saturated rings. The Balaban J connectivity index is 1.50. The molecular formula is C22H25N5O4S2. The van der Waals surface area contributed by atoms with Crippen molar-refractivity contribution in [2.24, 2.45) is 0 Å². The molecule has 11 heteroatoms. The highest BCUT2D eigenvalue weighted by Gasteiger charge is 2.26. The van der Waals surface area contributed by atoms with Gasteiger partial charge in [0.15, 0.2) is 5.16 Å². The molecule has 3 aromatic rings. The summed E-state index contributed by atoms with van der Waals surface area (Å²) in [5, 5.41) is 6.98. The van der Waals surface area contributed by atoms with Gasteiger partial charge in [0.05, 0.1) is 17.2 Å². The van der Waals surface area contributed by atoms with Crippen molar-refractivity contribution in [3.8, 4) is 0 Å². The third kappa shape index (κ3) is 4.90. The minimum atomic E-state index is -3.54. The number of carbonyl (C=O) groups excluding carboxylic acids is 1. The van der Waals surface area contributed by atoms with Crippen LogP contribution in [-0.2, 0) is 27.8 Å². The Kier molecular flexibility index (Phi) is 6.73. The molecule has 0 aliphatic carbocycles. The molecule has 174 valence electrons. The monoisotopic (exact) mass is 487 g/mol. The number of anilines is 1. The van der Waals surface area contributed by atoms with Gasteiger partial charge < -0.3 is 4.90 Å². The molecule has 0 bridgehead atoms. The molecule has 9 nitrogen and oxygen atoms in total. The Hall–Kier alpha value is -2.89. The highest BCUT2D eigenvalue weighted by Crippen LogP contribution is 2.31. The predicted molar refractivity (Wildman–Crippen MR) is 127 cm³/mol. The third-order valence-corrected chi connectivity index (χ3v) is 8.25. The predicted octanol–water partition coefficient (Wildman–Crippen LogP) is 1.94. The second-order valence-electron chi connectivity index (χ2n) is 7.90. The molecular weight excluding hydrogens is 462 g/mol. The Morgan fingerprint density at radius 2 is 1.94 bits per heavy atom. The zero-order valence-corrected chi connectivity index (χ0v) is 20.0. The quantitative estimate of drug-likeness (QED) is 0.510. The Labute approximate surface area is 196 Å². The lowest BCUT2D eigenvalue weighted by Crippen LogP contribution is -2.37. The van der Waals surface area contributed by atoms with Crippen LogP contribution in [0.5, 0.6) is 0 Å². The van der Waals surface area contributed by atoms with Crippen LogP contribution in [0.4, 0.5) is 5.69 Å².